The lowest BCUT2D eigenvalue weighted by atomic mass is 10.2. The van der Waals surface area contributed by atoms with Gasteiger partial charge in [0, 0.05) is 14.5 Å². The average molecular weight is 444 g/mol. The number of rotatable bonds is 3. The third-order valence-corrected chi connectivity index (χ3v) is 4.03. The lowest BCUT2D eigenvalue weighted by Crippen LogP contribution is -2.34. The van der Waals surface area contributed by atoms with E-state index in [4.69, 9.17) is 17.0 Å². The summed E-state index contributed by atoms with van der Waals surface area (Å²) in [6.45, 7) is 0. The molecule has 0 radical (unpaired) electrons. The molecule has 1 amide bonds. The van der Waals surface area contributed by atoms with E-state index in [0.29, 0.717) is 17.0 Å². The number of halogens is 2. The number of carbonyl (C=O) groups is 1. The second kappa shape index (κ2) is 7.71. The summed E-state index contributed by atoms with van der Waals surface area (Å²) in [6.07, 6.45) is 0. The van der Waals surface area contributed by atoms with Gasteiger partial charge in [-0.3, -0.25) is 10.1 Å². The van der Waals surface area contributed by atoms with Crippen molar-refractivity contribution in [1.82, 2.24) is 5.32 Å². The molecule has 22 heavy (non-hydrogen) atoms. The van der Waals surface area contributed by atoms with Crippen LogP contribution in [0.15, 0.2) is 51.4 Å². The van der Waals surface area contributed by atoms with Crippen LogP contribution in [0.2, 0.25) is 0 Å². The first-order chi connectivity index (χ1) is 10.5. The van der Waals surface area contributed by atoms with E-state index in [0.717, 1.165) is 8.95 Å². The molecule has 0 bridgehead atoms. The van der Waals surface area contributed by atoms with Crippen LogP contribution >= 0.6 is 44.1 Å². The summed E-state index contributed by atoms with van der Waals surface area (Å²) in [5.74, 6) is 0.322. The minimum absolute atomic E-state index is 0.190. The monoisotopic (exact) mass is 442 g/mol. The second-order valence-corrected chi connectivity index (χ2v) is 6.42. The van der Waals surface area contributed by atoms with Crippen LogP contribution in [0, 0.1) is 0 Å². The van der Waals surface area contributed by atoms with E-state index in [-0.39, 0.29) is 11.0 Å². The average Bonchev–Trinajstić information content (AvgIpc) is 2.50. The van der Waals surface area contributed by atoms with Crippen molar-refractivity contribution in [1.29, 1.82) is 0 Å². The van der Waals surface area contributed by atoms with Crippen LogP contribution in [0.1, 0.15) is 10.4 Å². The molecule has 2 rings (SSSR count). The molecule has 0 saturated heterocycles. The van der Waals surface area contributed by atoms with Crippen molar-refractivity contribution < 1.29 is 9.53 Å². The molecule has 7 heteroatoms. The highest BCUT2D eigenvalue weighted by Crippen LogP contribution is 2.36. The zero-order valence-electron chi connectivity index (χ0n) is 11.5. The number of carbonyl (C=O) groups excluding carboxylic acids is 1. The Hall–Kier alpha value is -1.44. The number of thiocarbonyl (C=S) groups is 1. The summed E-state index contributed by atoms with van der Waals surface area (Å²) in [7, 11) is 1.56. The number of anilines is 1. The molecule has 2 N–H and O–H groups in total. The number of nitrogens with one attached hydrogen (secondary N) is 2. The molecular formula is C15H12Br2N2O2S. The van der Waals surface area contributed by atoms with Crippen molar-refractivity contribution in [3.8, 4) is 5.75 Å². The van der Waals surface area contributed by atoms with Gasteiger partial charge in [0.25, 0.3) is 5.91 Å². The van der Waals surface area contributed by atoms with E-state index in [9.17, 15) is 4.79 Å². The predicted molar refractivity (Wildman–Crippen MR) is 98.5 cm³/mol. The molecular weight excluding hydrogens is 432 g/mol. The van der Waals surface area contributed by atoms with Crippen LogP contribution in [0.5, 0.6) is 5.75 Å². The molecule has 0 heterocycles. The Morgan fingerprint density at radius 1 is 1.18 bits per heavy atom. The Morgan fingerprint density at radius 2 is 1.86 bits per heavy atom. The first kappa shape index (κ1) is 16.9. The van der Waals surface area contributed by atoms with Gasteiger partial charge in [0.1, 0.15) is 5.75 Å². The molecule has 0 aliphatic heterocycles. The van der Waals surface area contributed by atoms with Crippen molar-refractivity contribution in [3.05, 3.63) is 57.0 Å². The van der Waals surface area contributed by atoms with E-state index in [1.807, 2.05) is 12.1 Å². The van der Waals surface area contributed by atoms with Crippen molar-refractivity contribution in [2.45, 2.75) is 0 Å². The largest absolute Gasteiger partial charge is 0.494 e. The molecule has 0 aromatic heterocycles. The Labute approximate surface area is 150 Å². The fourth-order valence-electron chi connectivity index (χ4n) is 1.74. The van der Waals surface area contributed by atoms with Crippen molar-refractivity contribution in [2.75, 3.05) is 12.4 Å². The smallest absolute Gasteiger partial charge is 0.257 e. The molecule has 0 aliphatic rings. The molecule has 0 saturated carbocycles. The highest BCUT2D eigenvalue weighted by Gasteiger charge is 2.13. The van der Waals surface area contributed by atoms with Gasteiger partial charge in [0.2, 0.25) is 0 Å². The van der Waals surface area contributed by atoms with Crippen molar-refractivity contribution >= 4 is 60.8 Å². The minimum atomic E-state index is -0.273. The maximum Gasteiger partial charge on any atom is 0.257 e. The predicted octanol–water partition coefficient (Wildman–Crippen LogP) is 4.35. The van der Waals surface area contributed by atoms with Crippen LogP contribution in [0.4, 0.5) is 5.69 Å². The summed E-state index contributed by atoms with van der Waals surface area (Å²) >= 11 is 12.0. The Kier molecular flexibility index (Phi) is 5.93. The van der Waals surface area contributed by atoms with Crippen LogP contribution in [0.3, 0.4) is 0 Å². The topological polar surface area (TPSA) is 50.4 Å². The third-order valence-electron chi connectivity index (χ3n) is 2.74. The van der Waals surface area contributed by atoms with Crippen LogP contribution < -0.4 is 15.4 Å². The fourth-order valence-corrected chi connectivity index (χ4v) is 3.22. The lowest BCUT2D eigenvalue weighted by Gasteiger charge is -2.15. The number of benzene rings is 2. The zero-order chi connectivity index (χ0) is 16.1. The van der Waals surface area contributed by atoms with Gasteiger partial charge in [-0.15, -0.1) is 0 Å². The SMILES string of the molecule is COc1cc(Br)cc(Br)c1NC(=S)NC(=O)c1ccccc1. The number of hydrogen-bond acceptors (Lipinski definition) is 3. The molecule has 0 fully saturated rings. The van der Waals surface area contributed by atoms with Crippen LogP contribution in [-0.2, 0) is 0 Å². The van der Waals surface area contributed by atoms with Crippen LogP contribution in [-0.4, -0.2) is 18.1 Å². The number of ether oxygens (including phenoxy) is 1. The Morgan fingerprint density at radius 3 is 2.50 bits per heavy atom. The molecule has 0 atom stereocenters. The highest BCUT2D eigenvalue weighted by molar-refractivity contribution is 9.11. The number of hydrogen-bond donors (Lipinski definition) is 2. The Bertz CT molecular complexity index is 708. The summed E-state index contributed by atoms with van der Waals surface area (Å²) in [6, 6.07) is 12.5. The fraction of sp³-hybridized carbons (Fsp3) is 0.0667. The van der Waals surface area contributed by atoms with Crippen molar-refractivity contribution in [3.63, 3.8) is 0 Å². The summed E-state index contributed by atoms with van der Waals surface area (Å²) in [5, 5.41) is 5.79. The van der Waals surface area contributed by atoms with Gasteiger partial charge in [0.15, 0.2) is 5.11 Å². The van der Waals surface area contributed by atoms with Gasteiger partial charge in [-0.25, -0.2) is 0 Å². The first-order valence-corrected chi connectivity index (χ1v) is 8.21. The molecule has 2 aromatic carbocycles. The summed E-state index contributed by atoms with van der Waals surface area (Å²) in [4.78, 5) is 12.0. The number of amides is 1. The Balaban J connectivity index is 2.11. The lowest BCUT2D eigenvalue weighted by molar-refractivity contribution is 0.0977. The molecule has 2 aromatic rings. The van der Waals surface area contributed by atoms with Gasteiger partial charge in [-0.2, -0.15) is 0 Å². The molecule has 0 spiro atoms. The molecule has 0 unspecified atom stereocenters. The van der Waals surface area contributed by atoms with Crippen LogP contribution in [0.25, 0.3) is 0 Å². The van der Waals surface area contributed by atoms with E-state index < -0.39 is 0 Å². The normalized spacial score (nSPS) is 9.95. The second-order valence-electron chi connectivity index (χ2n) is 4.24. The van der Waals surface area contributed by atoms with E-state index in [1.165, 1.54) is 0 Å². The van der Waals surface area contributed by atoms with Crippen molar-refractivity contribution in [2.24, 2.45) is 0 Å². The highest BCUT2D eigenvalue weighted by atomic mass is 79.9. The summed E-state index contributed by atoms with van der Waals surface area (Å²) in [5.41, 5.74) is 1.18. The molecule has 4 nitrogen and oxygen atoms in total. The zero-order valence-corrected chi connectivity index (χ0v) is 15.5. The molecule has 114 valence electrons. The first-order valence-electron chi connectivity index (χ1n) is 6.21. The standard InChI is InChI=1S/C15H12Br2N2O2S/c1-21-12-8-10(16)7-11(17)13(12)18-15(22)19-14(20)9-5-3-2-4-6-9/h2-8H,1H3,(H2,18,19,20,22). The van der Waals surface area contributed by atoms with Gasteiger partial charge in [0.05, 0.1) is 12.8 Å². The van der Waals surface area contributed by atoms with E-state index in [2.05, 4.69) is 42.5 Å². The molecule has 0 aliphatic carbocycles. The van der Waals surface area contributed by atoms with Gasteiger partial charge >= 0.3 is 0 Å². The maximum atomic E-state index is 12.0. The summed E-state index contributed by atoms with van der Waals surface area (Å²) < 4.78 is 6.92. The maximum absolute atomic E-state index is 12.0. The van der Waals surface area contributed by atoms with Gasteiger partial charge in [-0.1, -0.05) is 34.1 Å². The quantitative estimate of drug-likeness (QED) is 0.692. The van der Waals surface area contributed by atoms with E-state index >= 15 is 0 Å². The van der Waals surface area contributed by atoms with Gasteiger partial charge in [-0.05, 0) is 52.4 Å². The third kappa shape index (κ3) is 4.28. The van der Waals surface area contributed by atoms with Gasteiger partial charge < -0.3 is 10.1 Å². The number of methoxy groups -OCH3 is 1. The van der Waals surface area contributed by atoms with E-state index in [1.54, 1.807) is 37.4 Å². The minimum Gasteiger partial charge on any atom is -0.494 e.